The van der Waals surface area contributed by atoms with E-state index in [0.717, 1.165) is 0 Å². The number of carbonyl (C=O) groups is 1. The summed E-state index contributed by atoms with van der Waals surface area (Å²) in [7, 11) is 0. The number of hydrogen-bond donors (Lipinski definition) is 0. The fraction of sp³-hybridized carbons (Fsp3) is 0.235. The SMILES string of the molecule is CCN(CC)C(=O)c1ccccc1-c1ccccc1F. The number of benzene rings is 2. The van der Waals surface area contributed by atoms with Crippen molar-refractivity contribution in [3.63, 3.8) is 0 Å². The first kappa shape index (κ1) is 14.3. The van der Waals surface area contributed by atoms with Crippen molar-refractivity contribution in [3.05, 3.63) is 59.9 Å². The van der Waals surface area contributed by atoms with Gasteiger partial charge in [0.2, 0.25) is 0 Å². The topological polar surface area (TPSA) is 20.3 Å². The molecule has 0 N–H and O–H groups in total. The highest BCUT2D eigenvalue weighted by Gasteiger charge is 2.18. The summed E-state index contributed by atoms with van der Waals surface area (Å²) in [4.78, 5) is 14.3. The largest absolute Gasteiger partial charge is 0.339 e. The van der Waals surface area contributed by atoms with Crippen molar-refractivity contribution in [2.24, 2.45) is 0 Å². The maximum absolute atomic E-state index is 14.0. The molecule has 0 spiro atoms. The normalized spacial score (nSPS) is 10.3. The molecule has 0 unspecified atom stereocenters. The third-order valence-electron chi connectivity index (χ3n) is 3.37. The average molecular weight is 271 g/mol. The molecule has 0 saturated heterocycles. The summed E-state index contributed by atoms with van der Waals surface area (Å²) < 4.78 is 14.0. The summed E-state index contributed by atoms with van der Waals surface area (Å²) in [6.45, 7) is 5.15. The quantitative estimate of drug-likeness (QED) is 0.823. The lowest BCUT2D eigenvalue weighted by atomic mass is 9.98. The monoisotopic (exact) mass is 271 g/mol. The Hall–Kier alpha value is -2.16. The van der Waals surface area contributed by atoms with Crippen LogP contribution in [0.5, 0.6) is 0 Å². The van der Waals surface area contributed by atoms with Crippen LogP contribution in [0.25, 0.3) is 11.1 Å². The molecule has 2 aromatic carbocycles. The molecule has 2 nitrogen and oxygen atoms in total. The van der Waals surface area contributed by atoms with Crippen molar-refractivity contribution < 1.29 is 9.18 Å². The van der Waals surface area contributed by atoms with Crippen LogP contribution in [0.15, 0.2) is 48.5 Å². The molecular formula is C17H18FNO. The fourth-order valence-electron chi connectivity index (χ4n) is 2.27. The molecule has 0 fully saturated rings. The molecule has 1 amide bonds. The summed E-state index contributed by atoms with van der Waals surface area (Å²) in [5.74, 6) is -0.374. The lowest BCUT2D eigenvalue weighted by Crippen LogP contribution is -2.30. The summed E-state index contributed by atoms with van der Waals surface area (Å²) >= 11 is 0. The van der Waals surface area contributed by atoms with Crippen molar-refractivity contribution in [1.82, 2.24) is 4.90 Å². The van der Waals surface area contributed by atoms with Crippen LogP contribution in [0, 0.1) is 5.82 Å². The molecule has 20 heavy (non-hydrogen) atoms. The van der Waals surface area contributed by atoms with Gasteiger partial charge in [0.1, 0.15) is 5.82 Å². The van der Waals surface area contributed by atoms with Gasteiger partial charge in [-0.15, -0.1) is 0 Å². The second kappa shape index (κ2) is 6.33. The molecule has 0 radical (unpaired) electrons. The Balaban J connectivity index is 2.52. The maximum Gasteiger partial charge on any atom is 0.254 e. The zero-order valence-corrected chi connectivity index (χ0v) is 11.8. The van der Waals surface area contributed by atoms with E-state index in [1.165, 1.54) is 6.07 Å². The van der Waals surface area contributed by atoms with Crippen molar-refractivity contribution >= 4 is 5.91 Å². The van der Waals surface area contributed by atoms with Gasteiger partial charge in [0.05, 0.1) is 0 Å². The highest BCUT2D eigenvalue weighted by Crippen LogP contribution is 2.27. The van der Waals surface area contributed by atoms with Gasteiger partial charge in [-0.3, -0.25) is 4.79 Å². The standard InChI is InChI=1S/C17H18FNO/c1-3-19(4-2)17(20)15-11-6-5-9-13(15)14-10-7-8-12-16(14)18/h5-12H,3-4H2,1-2H3. The van der Waals surface area contributed by atoms with E-state index in [1.54, 1.807) is 41.3 Å². The molecule has 104 valence electrons. The Bertz CT molecular complexity index is 605. The third-order valence-corrected chi connectivity index (χ3v) is 3.37. The van der Waals surface area contributed by atoms with Gasteiger partial charge in [-0.2, -0.15) is 0 Å². The highest BCUT2D eigenvalue weighted by molar-refractivity contribution is 6.00. The first-order valence-corrected chi connectivity index (χ1v) is 6.82. The molecular weight excluding hydrogens is 253 g/mol. The van der Waals surface area contributed by atoms with Gasteiger partial charge in [0.15, 0.2) is 0 Å². The number of nitrogens with zero attached hydrogens (tertiary/aromatic N) is 1. The molecule has 0 aliphatic carbocycles. The second-order valence-electron chi connectivity index (χ2n) is 4.50. The van der Waals surface area contributed by atoms with Crippen molar-refractivity contribution in [2.75, 3.05) is 13.1 Å². The van der Waals surface area contributed by atoms with Gasteiger partial charge < -0.3 is 4.90 Å². The van der Waals surface area contributed by atoms with Gasteiger partial charge >= 0.3 is 0 Å². The first-order chi connectivity index (χ1) is 9.69. The predicted octanol–water partition coefficient (Wildman–Crippen LogP) is 3.97. The molecule has 3 heteroatoms. The maximum atomic E-state index is 14.0. The van der Waals surface area contributed by atoms with Gasteiger partial charge in [0, 0.05) is 24.2 Å². The lowest BCUT2D eigenvalue weighted by Gasteiger charge is -2.20. The van der Waals surface area contributed by atoms with Crippen LogP contribution < -0.4 is 0 Å². The van der Waals surface area contributed by atoms with Crippen LogP contribution in [-0.4, -0.2) is 23.9 Å². The average Bonchev–Trinajstić information content (AvgIpc) is 2.49. The van der Waals surface area contributed by atoms with E-state index >= 15 is 0 Å². The zero-order valence-electron chi connectivity index (χ0n) is 11.8. The van der Waals surface area contributed by atoms with Gasteiger partial charge in [0.25, 0.3) is 5.91 Å². The van der Waals surface area contributed by atoms with Gasteiger partial charge in [-0.1, -0.05) is 36.4 Å². The summed E-state index contributed by atoms with van der Waals surface area (Å²) in [5, 5.41) is 0. The Morgan fingerprint density at radius 2 is 1.50 bits per heavy atom. The third kappa shape index (κ3) is 2.72. The Morgan fingerprint density at radius 1 is 0.950 bits per heavy atom. The summed E-state index contributed by atoms with van der Waals surface area (Å²) in [5.41, 5.74) is 1.65. The van der Waals surface area contributed by atoms with E-state index in [2.05, 4.69) is 0 Å². The van der Waals surface area contributed by atoms with E-state index in [1.807, 2.05) is 19.9 Å². The van der Waals surface area contributed by atoms with Gasteiger partial charge in [-0.05, 0) is 31.5 Å². The fourth-order valence-corrected chi connectivity index (χ4v) is 2.27. The van der Waals surface area contributed by atoms with Crippen molar-refractivity contribution in [3.8, 4) is 11.1 Å². The van der Waals surface area contributed by atoms with E-state index < -0.39 is 0 Å². The van der Waals surface area contributed by atoms with Crippen LogP contribution in [0.1, 0.15) is 24.2 Å². The van der Waals surface area contributed by atoms with Crippen LogP contribution in [-0.2, 0) is 0 Å². The van der Waals surface area contributed by atoms with Crippen LogP contribution in [0.3, 0.4) is 0 Å². The molecule has 0 aromatic heterocycles. The van der Waals surface area contributed by atoms with E-state index in [4.69, 9.17) is 0 Å². The van der Waals surface area contributed by atoms with Crippen LogP contribution in [0.4, 0.5) is 4.39 Å². The number of halogens is 1. The van der Waals surface area contributed by atoms with Crippen molar-refractivity contribution in [2.45, 2.75) is 13.8 Å². The number of amides is 1. The molecule has 2 rings (SSSR count). The van der Waals surface area contributed by atoms with Gasteiger partial charge in [-0.25, -0.2) is 4.39 Å². The van der Waals surface area contributed by atoms with Crippen LogP contribution in [0.2, 0.25) is 0 Å². The minimum absolute atomic E-state index is 0.0612. The molecule has 2 aromatic rings. The second-order valence-corrected chi connectivity index (χ2v) is 4.50. The Labute approximate surface area is 118 Å². The van der Waals surface area contributed by atoms with Crippen molar-refractivity contribution in [1.29, 1.82) is 0 Å². The number of hydrogen-bond acceptors (Lipinski definition) is 1. The molecule has 0 aliphatic rings. The minimum atomic E-state index is -0.313. The Morgan fingerprint density at radius 3 is 2.10 bits per heavy atom. The summed E-state index contributed by atoms with van der Waals surface area (Å²) in [6.07, 6.45) is 0. The number of rotatable bonds is 4. The molecule has 0 aliphatic heterocycles. The number of carbonyl (C=O) groups excluding carboxylic acids is 1. The Kier molecular flexibility index (Phi) is 4.51. The minimum Gasteiger partial charge on any atom is -0.339 e. The summed E-state index contributed by atoms with van der Waals surface area (Å²) in [6, 6.07) is 13.7. The van der Waals surface area contributed by atoms with E-state index in [9.17, 15) is 9.18 Å². The van der Waals surface area contributed by atoms with E-state index in [-0.39, 0.29) is 11.7 Å². The molecule has 0 saturated carbocycles. The molecule has 0 bridgehead atoms. The zero-order chi connectivity index (χ0) is 14.5. The smallest absolute Gasteiger partial charge is 0.254 e. The lowest BCUT2D eigenvalue weighted by molar-refractivity contribution is 0.0774. The van der Waals surface area contributed by atoms with E-state index in [0.29, 0.717) is 29.8 Å². The predicted molar refractivity (Wildman–Crippen MR) is 79.1 cm³/mol. The first-order valence-electron chi connectivity index (χ1n) is 6.82. The highest BCUT2D eigenvalue weighted by atomic mass is 19.1. The molecule has 0 heterocycles. The molecule has 0 atom stereocenters. The van der Waals surface area contributed by atoms with Crippen LogP contribution >= 0.6 is 0 Å².